The van der Waals surface area contributed by atoms with Crippen LogP contribution in [0.1, 0.15) is 18.8 Å². The minimum atomic E-state index is -0.231. The van der Waals surface area contributed by atoms with Gasteiger partial charge in [-0.05, 0) is 6.92 Å². The zero-order valence-electron chi connectivity index (χ0n) is 10.1. The fourth-order valence-corrected chi connectivity index (χ4v) is 1.57. The lowest BCUT2D eigenvalue weighted by Gasteiger charge is -2.12. The lowest BCUT2D eigenvalue weighted by Crippen LogP contribution is -2.31. The van der Waals surface area contributed by atoms with E-state index in [2.05, 4.69) is 25.6 Å². The van der Waals surface area contributed by atoms with E-state index in [-0.39, 0.29) is 24.4 Å². The van der Waals surface area contributed by atoms with E-state index in [1.54, 1.807) is 10.9 Å². The average Bonchev–Trinajstić information content (AvgIpc) is 2.87. The minimum absolute atomic E-state index is 0.0619. The lowest BCUT2D eigenvalue weighted by atomic mass is 10.3. The number of hydrogen-bond donors (Lipinski definition) is 2. The second-order valence-corrected chi connectivity index (χ2v) is 3.89. The van der Waals surface area contributed by atoms with E-state index in [9.17, 15) is 4.79 Å². The Balaban J connectivity index is 1.93. The molecule has 0 aliphatic carbocycles. The van der Waals surface area contributed by atoms with Gasteiger partial charge in [-0.25, -0.2) is 9.67 Å². The van der Waals surface area contributed by atoms with Crippen LogP contribution >= 0.6 is 0 Å². The molecule has 2 aromatic rings. The lowest BCUT2D eigenvalue weighted by molar-refractivity contribution is -0.122. The molecule has 0 bridgehead atoms. The van der Waals surface area contributed by atoms with Crippen LogP contribution in [0.4, 0.5) is 5.95 Å². The summed E-state index contributed by atoms with van der Waals surface area (Å²) >= 11 is 0. The Bertz CT molecular complexity index is 544. The van der Waals surface area contributed by atoms with Crippen LogP contribution in [0, 0.1) is 0 Å². The number of aromatic nitrogens is 6. The Morgan fingerprint density at radius 1 is 1.56 bits per heavy atom. The fourth-order valence-electron chi connectivity index (χ4n) is 1.57. The molecule has 2 aromatic heterocycles. The van der Waals surface area contributed by atoms with Crippen LogP contribution in [-0.4, -0.2) is 35.4 Å². The number of carbonyl (C=O) groups excluding carboxylic acids is 1. The van der Waals surface area contributed by atoms with Crippen molar-refractivity contribution in [3.8, 4) is 0 Å². The Hall–Kier alpha value is -2.45. The third kappa shape index (κ3) is 2.62. The quantitative estimate of drug-likeness (QED) is 0.709. The molecule has 96 valence electrons. The summed E-state index contributed by atoms with van der Waals surface area (Å²) < 4.78 is 3.12. The monoisotopic (exact) mass is 250 g/mol. The molecule has 1 unspecified atom stereocenters. The van der Waals surface area contributed by atoms with Crippen molar-refractivity contribution in [2.45, 2.75) is 19.5 Å². The molecule has 1 atom stereocenters. The van der Waals surface area contributed by atoms with E-state index in [0.29, 0.717) is 5.82 Å². The van der Waals surface area contributed by atoms with Gasteiger partial charge < -0.3 is 15.6 Å². The molecule has 0 aliphatic heterocycles. The van der Waals surface area contributed by atoms with Crippen molar-refractivity contribution in [1.82, 2.24) is 34.8 Å². The molecule has 9 nitrogen and oxygen atoms in total. The highest BCUT2D eigenvalue weighted by Crippen LogP contribution is 2.06. The Morgan fingerprint density at radius 3 is 2.89 bits per heavy atom. The minimum Gasteiger partial charge on any atom is -0.367 e. The number of nitrogen functional groups attached to an aromatic ring is 1. The smallest absolute Gasteiger partial charge is 0.242 e. The van der Waals surface area contributed by atoms with Gasteiger partial charge in [0, 0.05) is 7.05 Å². The molecule has 0 saturated carbocycles. The average molecular weight is 250 g/mol. The number of hydrogen-bond acceptors (Lipinski definition) is 6. The van der Waals surface area contributed by atoms with Gasteiger partial charge in [0.05, 0.1) is 6.04 Å². The van der Waals surface area contributed by atoms with Crippen molar-refractivity contribution in [3.05, 3.63) is 18.5 Å². The number of nitrogens with two attached hydrogens (primary N) is 1. The van der Waals surface area contributed by atoms with E-state index in [1.165, 1.54) is 11.0 Å². The first-order valence-corrected chi connectivity index (χ1v) is 5.34. The van der Waals surface area contributed by atoms with Crippen LogP contribution in [0.15, 0.2) is 12.7 Å². The first kappa shape index (κ1) is 12.0. The number of carbonyl (C=O) groups is 1. The number of amides is 1. The number of aryl methyl sites for hydroxylation is 1. The summed E-state index contributed by atoms with van der Waals surface area (Å²) in [5.74, 6) is 0.626. The maximum Gasteiger partial charge on any atom is 0.242 e. The zero-order chi connectivity index (χ0) is 13.1. The molecular formula is C9H14N8O. The van der Waals surface area contributed by atoms with Gasteiger partial charge in [-0.1, -0.05) is 0 Å². The number of nitrogens with zero attached hydrogens (tertiary/aromatic N) is 6. The summed E-state index contributed by atoms with van der Waals surface area (Å²) in [6.07, 6.45) is 2.98. The molecule has 1 amide bonds. The standard InChI is InChI=1S/C9H14N8O/c1-6(8-14-12-5-16(8)2)13-7(18)3-17-4-11-9(10)15-17/h4-6H,3H2,1-2H3,(H2,10,15)(H,13,18). The summed E-state index contributed by atoms with van der Waals surface area (Å²) in [5.41, 5.74) is 5.36. The van der Waals surface area contributed by atoms with E-state index in [1.807, 2.05) is 14.0 Å². The Kier molecular flexibility index (Phi) is 3.22. The van der Waals surface area contributed by atoms with Crippen molar-refractivity contribution < 1.29 is 4.79 Å². The van der Waals surface area contributed by atoms with Gasteiger partial charge in [-0.2, -0.15) is 0 Å². The Labute approximate surface area is 103 Å². The maximum atomic E-state index is 11.7. The second kappa shape index (κ2) is 4.82. The maximum absolute atomic E-state index is 11.7. The van der Waals surface area contributed by atoms with Gasteiger partial charge in [0.25, 0.3) is 0 Å². The van der Waals surface area contributed by atoms with Crippen LogP contribution in [0.2, 0.25) is 0 Å². The number of rotatable bonds is 4. The van der Waals surface area contributed by atoms with Gasteiger partial charge in [-0.3, -0.25) is 4.79 Å². The highest BCUT2D eigenvalue weighted by atomic mass is 16.2. The van der Waals surface area contributed by atoms with Crippen LogP contribution in [0.25, 0.3) is 0 Å². The van der Waals surface area contributed by atoms with E-state index < -0.39 is 0 Å². The van der Waals surface area contributed by atoms with E-state index in [4.69, 9.17) is 5.73 Å². The summed E-state index contributed by atoms with van der Waals surface area (Å²) in [7, 11) is 1.82. The van der Waals surface area contributed by atoms with Crippen LogP contribution < -0.4 is 11.1 Å². The molecule has 3 N–H and O–H groups in total. The molecule has 18 heavy (non-hydrogen) atoms. The third-order valence-electron chi connectivity index (χ3n) is 2.37. The molecule has 2 heterocycles. The van der Waals surface area contributed by atoms with Crippen molar-refractivity contribution in [2.24, 2.45) is 7.05 Å². The molecule has 0 saturated heterocycles. The largest absolute Gasteiger partial charge is 0.367 e. The second-order valence-electron chi connectivity index (χ2n) is 3.89. The van der Waals surface area contributed by atoms with Crippen molar-refractivity contribution in [3.63, 3.8) is 0 Å². The summed E-state index contributed by atoms with van der Waals surface area (Å²) in [6.45, 7) is 1.89. The molecule has 0 aliphatic rings. The van der Waals surface area contributed by atoms with Crippen LogP contribution in [0.3, 0.4) is 0 Å². The normalized spacial score (nSPS) is 12.3. The Morgan fingerprint density at radius 2 is 2.33 bits per heavy atom. The first-order valence-electron chi connectivity index (χ1n) is 5.34. The highest BCUT2D eigenvalue weighted by Gasteiger charge is 2.14. The van der Waals surface area contributed by atoms with Crippen molar-refractivity contribution in [1.29, 1.82) is 0 Å². The predicted octanol–water partition coefficient (Wildman–Crippen LogP) is -1.13. The molecule has 0 aromatic carbocycles. The zero-order valence-corrected chi connectivity index (χ0v) is 10.1. The molecule has 0 spiro atoms. The number of anilines is 1. The highest BCUT2D eigenvalue weighted by molar-refractivity contribution is 5.75. The molecule has 2 rings (SSSR count). The summed E-state index contributed by atoms with van der Waals surface area (Å²) in [6, 6.07) is -0.231. The van der Waals surface area contributed by atoms with E-state index in [0.717, 1.165) is 0 Å². The predicted molar refractivity (Wildman–Crippen MR) is 62.0 cm³/mol. The van der Waals surface area contributed by atoms with Crippen molar-refractivity contribution in [2.75, 3.05) is 5.73 Å². The summed E-state index contributed by atoms with van der Waals surface area (Å²) in [4.78, 5) is 15.5. The van der Waals surface area contributed by atoms with Gasteiger partial charge in [0.15, 0.2) is 5.82 Å². The number of nitrogens with one attached hydrogen (secondary N) is 1. The summed E-state index contributed by atoms with van der Waals surface area (Å²) in [5, 5.41) is 14.3. The van der Waals surface area contributed by atoms with E-state index >= 15 is 0 Å². The molecule has 9 heteroatoms. The molecule has 0 fully saturated rings. The van der Waals surface area contributed by atoms with Crippen molar-refractivity contribution >= 4 is 11.9 Å². The van der Waals surface area contributed by atoms with Crippen LogP contribution in [-0.2, 0) is 18.4 Å². The van der Waals surface area contributed by atoms with Gasteiger partial charge >= 0.3 is 0 Å². The van der Waals surface area contributed by atoms with Gasteiger partial charge in [0.2, 0.25) is 11.9 Å². The van der Waals surface area contributed by atoms with Gasteiger partial charge in [0.1, 0.15) is 19.2 Å². The third-order valence-corrected chi connectivity index (χ3v) is 2.37. The molecule has 0 radical (unpaired) electrons. The first-order chi connectivity index (χ1) is 8.56. The van der Waals surface area contributed by atoms with Gasteiger partial charge in [-0.15, -0.1) is 15.3 Å². The fraction of sp³-hybridized carbons (Fsp3) is 0.444. The van der Waals surface area contributed by atoms with Crippen LogP contribution in [0.5, 0.6) is 0 Å². The topological polar surface area (TPSA) is 117 Å². The SMILES string of the molecule is CC(NC(=O)Cn1cnc(N)n1)c1nncn1C. The molecular weight excluding hydrogens is 236 g/mol.